The number of unbranched alkanes of at least 4 members (excludes halogenated alkanes) is 13. The number of carbonyl (C=O) groups is 3. The number of rotatable bonds is 23. The van der Waals surface area contributed by atoms with E-state index in [1.54, 1.807) is 0 Å². The van der Waals surface area contributed by atoms with Gasteiger partial charge in [-0.2, -0.15) is 0 Å². The molecular formula is C27H49NO5. The Morgan fingerprint density at radius 2 is 1.45 bits per heavy atom. The third-order valence-corrected chi connectivity index (χ3v) is 6.64. The van der Waals surface area contributed by atoms with E-state index in [2.05, 4.69) is 19.2 Å². The van der Waals surface area contributed by atoms with Crippen molar-refractivity contribution in [3.05, 3.63) is 0 Å². The Morgan fingerprint density at radius 1 is 0.909 bits per heavy atom. The van der Waals surface area contributed by atoms with E-state index in [9.17, 15) is 14.4 Å². The van der Waals surface area contributed by atoms with Gasteiger partial charge in [0.2, 0.25) is 6.41 Å². The SMILES string of the molecule is CCCCCCCCCCCC[C@@H]1C(=O)O[C@H]1C[C@H](CCCCCCC)OC(=O)CNC=O. The second-order valence-electron chi connectivity index (χ2n) is 9.60. The topological polar surface area (TPSA) is 81.7 Å². The molecule has 1 fully saturated rings. The molecule has 0 aromatic carbocycles. The number of hydrogen-bond donors (Lipinski definition) is 1. The van der Waals surface area contributed by atoms with Crippen molar-refractivity contribution in [1.82, 2.24) is 5.32 Å². The maximum Gasteiger partial charge on any atom is 0.325 e. The summed E-state index contributed by atoms with van der Waals surface area (Å²) in [7, 11) is 0. The monoisotopic (exact) mass is 467 g/mol. The first-order chi connectivity index (χ1) is 16.1. The van der Waals surface area contributed by atoms with Crippen LogP contribution in [0.3, 0.4) is 0 Å². The number of esters is 2. The van der Waals surface area contributed by atoms with E-state index < -0.39 is 5.97 Å². The molecular weight excluding hydrogens is 418 g/mol. The van der Waals surface area contributed by atoms with Crippen LogP contribution in [0.2, 0.25) is 0 Å². The molecule has 1 N–H and O–H groups in total. The Labute approximate surface area is 201 Å². The quantitative estimate of drug-likeness (QED) is 0.109. The number of nitrogens with one attached hydrogen (secondary N) is 1. The summed E-state index contributed by atoms with van der Waals surface area (Å²) >= 11 is 0. The van der Waals surface area contributed by atoms with Gasteiger partial charge in [0.25, 0.3) is 0 Å². The average Bonchev–Trinajstić information content (AvgIpc) is 2.80. The van der Waals surface area contributed by atoms with Crippen molar-refractivity contribution in [1.29, 1.82) is 0 Å². The Hall–Kier alpha value is -1.59. The van der Waals surface area contributed by atoms with E-state index in [0.717, 1.165) is 32.1 Å². The molecule has 1 amide bonds. The number of carbonyl (C=O) groups excluding carboxylic acids is 3. The number of amides is 1. The van der Waals surface area contributed by atoms with Crippen molar-refractivity contribution in [3.63, 3.8) is 0 Å². The molecule has 1 saturated heterocycles. The van der Waals surface area contributed by atoms with Gasteiger partial charge in [0, 0.05) is 6.42 Å². The van der Waals surface area contributed by atoms with E-state index in [1.807, 2.05) is 0 Å². The van der Waals surface area contributed by atoms with Crippen LogP contribution in [0, 0.1) is 5.92 Å². The first-order valence-corrected chi connectivity index (χ1v) is 13.7. The fraction of sp³-hybridized carbons (Fsp3) is 0.889. The molecule has 1 aliphatic heterocycles. The van der Waals surface area contributed by atoms with Crippen LogP contribution in [0.4, 0.5) is 0 Å². The summed E-state index contributed by atoms with van der Waals surface area (Å²) in [5.41, 5.74) is 0. The van der Waals surface area contributed by atoms with Crippen molar-refractivity contribution in [2.24, 2.45) is 5.92 Å². The summed E-state index contributed by atoms with van der Waals surface area (Å²) in [5.74, 6) is -0.599. The highest BCUT2D eigenvalue weighted by molar-refractivity contribution is 5.78. The van der Waals surface area contributed by atoms with Crippen molar-refractivity contribution in [2.75, 3.05) is 6.54 Å². The van der Waals surface area contributed by atoms with Gasteiger partial charge >= 0.3 is 11.9 Å². The molecule has 1 rings (SSSR count). The normalized spacial score (nSPS) is 18.3. The van der Waals surface area contributed by atoms with Crippen molar-refractivity contribution in [2.45, 2.75) is 142 Å². The van der Waals surface area contributed by atoms with Crippen LogP contribution in [0.1, 0.15) is 129 Å². The minimum atomic E-state index is -0.433. The number of cyclic esters (lactones) is 1. The van der Waals surface area contributed by atoms with Crippen LogP contribution in [-0.4, -0.2) is 37.1 Å². The molecule has 192 valence electrons. The summed E-state index contributed by atoms with van der Waals surface area (Å²) in [6.45, 7) is 4.31. The molecule has 0 bridgehead atoms. The first kappa shape index (κ1) is 29.4. The maximum absolute atomic E-state index is 12.0. The molecule has 0 unspecified atom stereocenters. The largest absolute Gasteiger partial charge is 0.461 e. The van der Waals surface area contributed by atoms with Crippen LogP contribution < -0.4 is 5.32 Å². The molecule has 0 spiro atoms. The number of hydrogen-bond acceptors (Lipinski definition) is 5. The van der Waals surface area contributed by atoms with E-state index in [0.29, 0.717) is 12.8 Å². The van der Waals surface area contributed by atoms with Gasteiger partial charge < -0.3 is 14.8 Å². The highest BCUT2D eigenvalue weighted by Crippen LogP contribution is 2.32. The Morgan fingerprint density at radius 3 is 2.00 bits per heavy atom. The second kappa shape index (κ2) is 19.8. The lowest BCUT2D eigenvalue weighted by molar-refractivity contribution is -0.190. The van der Waals surface area contributed by atoms with Crippen molar-refractivity contribution < 1.29 is 23.9 Å². The average molecular weight is 468 g/mol. The molecule has 0 radical (unpaired) electrons. The maximum atomic E-state index is 12.0. The standard InChI is InChI=1S/C27H49NO5/c1-3-5-7-9-10-11-12-13-15-17-19-24-25(33-27(24)31)20-23(18-16-14-8-6-4-2)32-26(30)21-28-22-29/h22-25H,3-21H2,1-2H3,(H,28,29)/t23-,24-,25-/m0/s1. The predicted molar refractivity (Wildman–Crippen MR) is 132 cm³/mol. The van der Waals surface area contributed by atoms with Crippen molar-refractivity contribution >= 4 is 18.3 Å². The molecule has 0 aliphatic carbocycles. The second-order valence-corrected chi connectivity index (χ2v) is 9.60. The Kier molecular flexibility index (Phi) is 17.7. The van der Waals surface area contributed by atoms with Crippen LogP contribution in [0.15, 0.2) is 0 Å². The summed E-state index contributed by atoms with van der Waals surface area (Å²) in [6, 6.07) is 0. The highest BCUT2D eigenvalue weighted by atomic mass is 16.6. The summed E-state index contributed by atoms with van der Waals surface area (Å²) in [5, 5.41) is 2.36. The lowest BCUT2D eigenvalue weighted by Gasteiger charge is -2.37. The van der Waals surface area contributed by atoms with Gasteiger partial charge in [-0.1, -0.05) is 104 Å². The molecule has 1 aliphatic rings. The van der Waals surface area contributed by atoms with Crippen LogP contribution >= 0.6 is 0 Å². The predicted octanol–water partition coefficient (Wildman–Crippen LogP) is 6.25. The first-order valence-electron chi connectivity index (χ1n) is 13.7. The minimum absolute atomic E-state index is 0.0616. The minimum Gasteiger partial charge on any atom is -0.461 e. The van der Waals surface area contributed by atoms with E-state index in [1.165, 1.54) is 77.0 Å². The van der Waals surface area contributed by atoms with Gasteiger partial charge in [-0.15, -0.1) is 0 Å². The van der Waals surface area contributed by atoms with E-state index in [4.69, 9.17) is 9.47 Å². The highest BCUT2D eigenvalue weighted by Gasteiger charge is 2.43. The van der Waals surface area contributed by atoms with E-state index >= 15 is 0 Å². The van der Waals surface area contributed by atoms with Gasteiger partial charge in [-0.25, -0.2) is 0 Å². The zero-order valence-electron chi connectivity index (χ0n) is 21.3. The molecule has 33 heavy (non-hydrogen) atoms. The summed E-state index contributed by atoms with van der Waals surface area (Å²) in [4.78, 5) is 34.5. The zero-order valence-corrected chi connectivity index (χ0v) is 21.3. The third-order valence-electron chi connectivity index (χ3n) is 6.64. The van der Waals surface area contributed by atoms with Gasteiger partial charge in [0.05, 0.1) is 5.92 Å². The molecule has 0 aromatic rings. The van der Waals surface area contributed by atoms with Crippen molar-refractivity contribution in [3.8, 4) is 0 Å². The molecule has 1 heterocycles. The van der Waals surface area contributed by atoms with Crippen LogP contribution in [-0.2, 0) is 23.9 Å². The fourth-order valence-electron chi connectivity index (χ4n) is 4.58. The van der Waals surface area contributed by atoms with Gasteiger partial charge in [0.15, 0.2) is 0 Å². The smallest absolute Gasteiger partial charge is 0.325 e. The van der Waals surface area contributed by atoms with E-state index in [-0.39, 0.29) is 30.6 Å². The summed E-state index contributed by atoms with van der Waals surface area (Å²) < 4.78 is 11.0. The van der Waals surface area contributed by atoms with Crippen LogP contribution in [0.5, 0.6) is 0 Å². The van der Waals surface area contributed by atoms with Gasteiger partial charge in [0.1, 0.15) is 18.8 Å². The lowest BCUT2D eigenvalue weighted by atomic mass is 9.86. The molecule has 3 atom stereocenters. The number of ether oxygens (including phenoxy) is 2. The summed E-state index contributed by atoms with van der Waals surface area (Å²) in [6.07, 6.45) is 20.8. The molecule has 0 saturated carbocycles. The zero-order chi connectivity index (χ0) is 24.2. The third kappa shape index (κ3) is 14.3. The lowest BCUT2D eigenvalue weighted by Crippen LogP contribution is -2.47. The Bertz CT molecular complexity index is 525. The molecule has 6 heteroatoms. The van der Waals surface area contributed by atoms with Crippen LogP contribution in [0.25, 0.3) is 0 Å². The Balaban J connectivity index is 2.30. The fourth-order valence-corrected chi connectivity index (χ4v) is 4.58. The molecule has 0 aromatic heterocycles. The van der Waals surface area contributed by atoms with Gasteiger partial charge in [-0.05, 0) is 19.3 Å². The molecule has 6 nitrogen and oxygen atoms in total. The van der Waals surface area contributed by atoms with Gasteiger partial charge in [-0.3, -0.25) is 14.4 Å².